The molecular weight excluding hydrogens is 224 g/mol. The highest BCUT2D eigenvalue weighted by molar-refractivity contribution is 7.89. The molecule has 0 aromatic heterocycles. The zero-order chi connectivity index (χ0) is 11.6. The maximum absolute atomic E-state index is 12.0. The van der Waals surface area contributed by atoms with Crippen molar-refractivity contribution < 1.29 is 8.42 Å². The minimum Gasteiger partial charge on any atom is -0.312 e. The molecule has 0 amide bonds. The van der Waals surface area contributed by atoms with Crippen LogP contribution in [0.2, 0.25) is 0 Å². The molecule has 0 saturated heterocycles. The van der Waals surface area contributed by atoms with Crippen molar-refractivity contribution >= 4 is 10.0 Å². The first-order valence-corrected chi connectivity index (χ1v) is 6.94. The van der Waals surface area contributed by atoms with Gasteiger partial charge in [-0.25, -0.2) is 13.1 Å². The fourth-order valence-corrected chi connectivity index (χ4v) is 3.37. The zero-order valence-corrected chi connectivity index (χ0v) is 10.1. The molecule has 0 radical (unpaired) electrons. The molecule has 0 spiro atoms. The normalized spacial score (nSPS) is 15.8. The summed E-state index contributed by atoms with van der Waals surface area (Å²) in [5, 5.41) is 3.24. The smallest absolute Gasteiger partial charge is 0.240 e. The van der Waals surface area contributed by atoms with Crippen LogP contribution in [-0.2, 0) is 23.0 Å². The first-order chi connectivity index (χ1) is 7.65. The van der Waals surface area contributed by atoms with Gasteiger partial charge in [0.05, 0.1) is 4.90 Å². The molecule has 0 unspecified atom stereocenters. The van der Waals surface area contributed by atoms with Gasteiger partial charge in [0.15, 0.2) is 0 Å². The maximum Gasteiger partial charge on any atom is 0.240 e. The van der Waals surface area contributed by atoms with Crippen LogP contribution in [0.3, 0.4) is 0 Å². The van der Waals surface area contributed by atoms with Crippen molar-refractivity contribution in [3.05, 3.63) is 29.3 Å². The largest absolute Gasteiger partial charge is 0.312 e. The Bertz CT molecular complexity index is 483. The molecule has 16 heavy (non-hydrogen) atoms. The van der Waals surface area contributed by atoms with E-state index in [0.717, 1.165) is 30.6 Å². The van der Waals surface area contributed by atoms with Gasteiger partial charge in [-0.2, -0.15) is 0 Å². The monoisotopic (exact) mass is 240 g/mol. The SMILES string of the molecule is CCNS(=O)(=O)c1cccc2c1CCNC2. The molecule has 1 aromatic rings. The molecule has 0 saturated carbocycles. The number of nitrogens with one attached hydrogen (secondary N) is 2. The quantitative estimate of drug-likeness (QED) is 0.815. The first kappa shape index (κ1) is 11.6. The summed E-state index contributed by atoms with van der Waals surface area (Å²) in [7, 11) is -3.33. The van der Waals surface area contributed by atoms with Crippen LogP contribution in [0.25, 0.3) is 0 Å². The maximum atomic E-state index is 12.0. The van der Waals surface area contributed by atoms with Crippen LogP contribution in [0.15, 0.2) is 23.1 Å². The number of benzene rings is 1. The Kier molecular flexibility index (Phi) is 3.28. The van der Waals surface area contributed by atoms with Crippen LogP contribution in [-0.4, -0.2) is 21.5 Å². The van der Waals surface area contributed by atoms with Crippen molar-refractivity contribution in [1.82, 2.24) is 10.0 Å². The minimum absolute atomic E-state index is 0.421. The topological polar surface area (TPSA) is 58.2 Å². The predicted molar refractivity (Wildman–Crippen MR) is 62.7 cm³/mol. The van der Waals surface area contributed by atoms with Gasteiger partial charge in [0.1, 0.15) is 0 Å². The van der Waals surface area contributed by atoms with Crippen LogP contribution in [0, 0.1) is 0 Å². The molecular formula is C11H16N2O2S. The van der Waals surface area contributed by atoms with Crippen molar-refractivity contribution in [2.45, 2.75) is 24.8 Å². The highest BCUT2D eigenvalue weighted by Crippen LogP contribution is 2.22. The summed E-state index contributed by atoms with van der Waals surface area (Å²) in [6.07, 6.45) is 0.774. The fourth-order valence-electron chi connectivity index (χ4n) is 2.02. The Morgan fingerprint density at radius 2 is 2.25 bits per heavy atom. The second kappa shape index (κ2) is 4.53. The summed E-state index contributed by atoms with van der Waals surface area (Å²) in [6.45, 7) is 3.80. The second-order valence-electron chi connectivity index (χ2n) is 3.82. The molecule has 0 fully saturated rings. The van der Waals surface area contributed by atoms with Gasteiger partial charge in [0, 0.05) is 13.1 Å². The van der Waals surface area contributed by atoms with E-state index in [9.17, 15) is 8.42 Å². The molecule has 1 heterocycles. The van der Waals surface area contributed by atoms with E-state index >= 15 is 0 Å². The third-order valence-electron chi connectivity index (χ3n) is 2.72. The fraction of sp³-hybridized carbons (Fsp3) is 0.455. The number of sulfonamides is 1. The second-order valence-corrected chi connectivity index (χ2v) is 5.56. The lowest BCUT2D eigenvalue weighted by molar-refractivity contribution is 0.578. The van der Waals surface area contributed by atoms with Crippen LogP contribution < -0.4 is 10.0 Å². The average Bonchev–Trinajstić information content (AvgIpc) is 2.28. The molecule has 1 aliphatic heterocycles. The van der Waals surface area contributed by atoms with Gasteiger partial charge in [-0.05, 0) is 30.2 Å². The predicted octanol–water partition coefficient (Wildman–Crippen LogP) is 0.630. The van der Waals surface area contributed by atoms with Crippen molar-refractivity contribution in [3.63, 3.8) is 0 Å². The van der Waals surface area contributed by atoms with E-state index in [1.807, 2.05) is 6.07 Å². The van der Waals surface area contributed by atoms with E-state index in [2.05, 4.69) is 10.0 Å². The molecule has 88 valence electrons. The van der Waals surface area contributed by atoms with E-state index < -0.39 is 10.0 Å². The zero-order valence-electron chi connectivity index (χ0n) is 9.29. The van der Waals surface area contributed by atoms with E-state index in [1.54, 1.807) is 19.1 Å². The standard InChI is InChI=1S/C11H16N2O2S/c1-2-13-16(14,15)11-5-3-4-9-8-12-7-6-10(9)11/h3-5,12-13H,2,6-8H2,1H3. The van der Waals surface area contributed by atoms with E-state index in [1.165, 1.54) is 0 Å². The van der Waals surface area contributed by atoms with Gasteiger partial charge in [0.25, 0.3) is 0 Å². The molecule has 5 heteroatoms. The molecule has 2 N–H and O–H groups in total. The van der Waals surface area contributed by atoms with Crippen LogP contribution >= 0.6 is 0 Å². The van der Waals surface area contributed by atoms with Gasteiger partial charge in [-0.3, -0.25) is 0 Å². The summed E-state index contributed by atoms with van der Waals surface area (Å²) in [4.78, 5) is 0.438. The Balaban J connectivity index is 2.49. The molecule has 0 bridgehead atoms. The molecule has 1 aromatic carbocycles. The highest BCUT2D eigenvalue weighted by Gasteiger charge is 2.21. The summed E-state index contributed by atoms with van der Waals surface area (Å²) >= 11 is 0. The van der Waals surface area contributed by atoms with Gasteiger partial charge < -0.3 is 5.32 Å². The van der Waals surface area contributed by atoms with Crippen LogP contribution in [0.5, 0.6) is 0 Å². The van der Waals surface area contributed by atoms with Gasteiger partial charge in [-0.15, -0.1) is 0 Å². The minimum atomic E-state index is -3.33. The molecule has 4 nitrogen and oxygen atoms in total. The lowest BCUT2D eigenvalue weighted by Gasteiger charge is -2.20. The summed E-state index contributed by atoms with van der Waals surface area (Å²) in [6, 6.07) is 5.46. The Morgan fingerprint density at radius 3 is 3.00 bits per heavy atom. The average molecular weight is 240 g/mol. The van der Waals surface area contributed by atoms with Crippen LogP contribution in [0.4, 0.5) is 0 Å². The van der Waals surface area contributed by atoms with Gasteiger partial charge in [0.2, 0.25) is 10.0 Å². The van der Waals surface area contributed by atoms with Crippen molar-refractivity contribution in [3.8, 4) is 0 Å². The Morgan fingerprint density at radius 1 is 1.44 bits per heavy atom. The third-order valence-corrected chi connectivity index (χ3v) is 4.35. The summed E-state index contributed by atoms with van der Waals surface area (Å²) < 4.78 is 26.5. The van der Waals surface area contributed by atoms with E-state index in [4.69, 9.17) is 0 Å². The lowest BCUT2D eigenvalue weighted by atomic mass is 10.0. The Labute approximate surface area is 96.1 Å². The van der Waals surface area contributed by atoms with Crippen molar-refractivity contribution in [2.75, 3.05) is 13.1 Å². The number of rotatable bonds is 3. The van der Waals surface area contributed by atoms with Gasteiger partial charge >= 0.3 is 0 Å². The molecule has 2 rings (SSSR count). The first-order valence-electron chi connectivity index (χ1n) is 5.46. The Hall–Kier alpha value is -0.910. The highest BCUT2D eigenvalue weighted by atomic mass is 32.2. The van der Waals surface area contributed by atoms with E-state index in [-0.39, 0.29) is 0 Å². The van der Waals surface area contributed by atoms with Crippen LogP contribution in [0.1, 0.15) is 18.1 Å². The summed E-state index contributed by atoms with van der Waals surface area (Å²) in [5.41, 5.74) is 2.05. The molecule has 1 aliphatic rings. The number of fused-ring (bicyclic) bond motifs is 1. The van der Waals surface area contributed by atoms with Gasteiger partial charge in [-0.1, -0.05) is 19.1 Å². The lowest BCUT2D eigenvalue weighted by Crippen LogP contribution is -2.29. The number of hydrogen-bond acceptors (Lipinski definition) is 3. The van der Waals surface area contributed by atoms with Crippen molar-refractivity contribution in [1.29, 1.82) is 0 Å². The molecule has 0 atom stereocenters. The third kappa shape index (κ3) is 2.11. The summed E-state index contributed by atoms with van der Waals surface area (Å²) in [5.74, 6) is 0. The van der Waals surface area contributed by atoms with Crippen molar-refractivity contribution in [2.24, 2.45) is 0 Å². The van der Waals surface area contributed by atoms with E-state index in [0.29, 0.717) is 11.4 Å². The number of hydrogen-bond donors (Lipinski definition) is 2. The molecule has 0 aliphatic carbocycles.